The van der Waals surface area contributed by atoms with Crippen LogP contribution in [0.3, 0.4) is 0 Å². The van der Waals surface area contributed by atoms with Gasteiger partial charge in [0.05, 0.1) is 33.8 Å². The molecule has 196 valence electrons. The quantitative estimate of drug-likeness (QED) is 0.376. The molecule has 0 fully saturated rings. The number of methoxy groups -OCH3 is 1. The lowest BCUT2D eigenvalue weighted by atomic mass is 10.1. The molecule has 1 aromatic heterocycles. The van der Waals surface area contributed by atoms with E-state index >= 15 is 0 Å². The number of halogens is 4. The fourth-order valence-corrected chi connectivity index (χ4v) is 6.98. The molecule has 1 aliphatic rings. The Hall–Kier alpha value is -3.09. The zero-order valence-electron chi connectivity index (χ0n) is 19.3. The number of carbonyl (C=O) groups excluding carboxylic acids is 2. The molecule has 1 amide bonds. The molecule has 0 aliphatic heterocycles. The van der Waals surface area contributed by atoms with Crippen molar-refractivity contribution < 1.29 is 35.9 Å². The number of aryl methyl sites for hydroxylation is 1. The predicted molar refractivity (Wildman–Crippen MR) is 134 cm³/mol. The number of hydrogen-bond donors (Lipinski definition) is 1. The van der Waals surface area contributed by atoms with Gasteiger partial charge in [-0.25, -0.2) is 13.2 Å². The first-order valence-corrected chi connectivity index (χ1v) is 13.5. The second-order valence-electron chi connectivity index (χ2n) is 8.09. The lowest BCUT2D eigenvalue weighted by molar-refractivity contribution is -0.137. The van der Waals surface area contributed by atoms with E-state index in [9.17, 15) is 31.2 Å². The van der Waals surface area contributed by atoms with Crippen molar-refractivity contribution in [2.75, 3.05) is 23.3 Å². The Kier molecular flexibility index (Phi) is 7.54. The van der Waals surface area contributed by atoms with Crippen molar-refractivity contribution >= 4 is 55.5 Å². The first kappa shape index (κ1) is 27.0. The molecule has 0 saturated heterocycles. The highest BCUT2D eigenvalue weighted by atomic mass is 35.5. The van der Waals surface area contributed by atoms with Gasteiger partial charge in [-0.3, -0.25) is 9.10 Å². The fourth-order valence-electron chi connectivity index (χ4n) is 4.03. The van der Waals surface area contributed by atoms with Gasteiger partial charge in [-0.1, -0.05) is 29.8 Å². The summed E-state index contributed by atoms with van der Waals surface area (Å²) in [6, 6.07) is 9.59. The topological polar surface area (TPSA) is 92.8 Å². The maximum Gasteiger partial charge on any atom is 0.417 e. The summed E-state index contributed by atoms with van der Waals surface area (Å²) >= 11 is 6.91. The van der Waals surface area contributed by atoms with Crippen molar-refractivity contribution in [3.05, 3.63) is 75.1 Å². The highest BCUT2D eigenvalue weighted by Gasteiger charge is 2.36. The van der Waals surface area contributed by atoms with Crippen molar-refractivity contribution in [2.45, 2.75) is 30.3 Å². The van der Waals surface area contributed by atoms with E-state index in [0.29, 0.717) is 16.8 Å². The number of rotatable bonds is 7. The first-order valence-electron chi connectivity index (χ1n) is 10.9. The molecule has 3 aromatic rings. The highest BCUT2D eigenvalue weighted by Crippen LogP contribution is 2.40. The number of alkyl halides is 3. The fraction of sp³-hybridized carbons (Fsp3) is 0.250. The SMILES string of the molecule is COC(=O)c1c(NC(=O)CN(c2ccc(Cl)c(C(F)(F)F)c2)S(=O)(=O)c2ccccc2)sc2c1CCC2. The van der Waals surface area contributed by atoms with Gasteiger partial charge >= 0.3 is 12.1 Å². The van der Waals surface area contributed by atoms with E-state index in [1.165, 1.54) is 42.7 Å². The molecule has 1 aliphatic carbocycles. The van der Waals surface area contributed by atoms with Crippen LogP contribution in [-0.4, -0.2) is 33.9 Å². The molecule has 0 atom stereocenters. The summed E-state index contributed by atoms with van der Waals surface area (Å²) in [5, 5.41) is 2.14. The van der Waals surface area contributed by atoms with E-state index in [1.807, 2.05) is 0 Å². The summed E-state index contributed by atoms with van der Waals surface area (Å²) < 4.78 is 72.9. The number of ether oxygens (including phenoxy) is 1. The Morgan fingerprint density at radius 1 is 1.14 bits per heavy atom. The van der Waals surface area contributed by atoms with Crippen LogP contribution in [0.4, 0.5) is 23.9 Å². The van der Waals surface area contributed by atoms with Crippen molar-refractivity contribution in [3.63, 3.8) is 0 Å². The molecule has 0 spiro atoms. The van der Waals surface area contributed by atoms with Gasteiger partial charge in [0.1, 0.15) is 11.5 Å². The summed E-state index contributed by atoms with van der Waals surface area (Å²) in [4.78, 5) is 26.2. The van der Waals surface area contributed by atoms with Crippen molar-refractivity contribution in [2.24, 2.45) is 0 Å². The highest BCUT2D eigenvalue weighted by molar-refractivity contribution is 7.92. The van der Waals surface area contributed by atoms with E-state index < -0.39 is 50.9 Å². The Morgan fingerprint density at radius 2 is 1.84 bits per heavy atom. The molecule has 2 aromatic carbocycles. The van der Waals surface area contributed by atoms with E-state index in [-0.39, 0.29) is 15.5 Å². The molecule has 13 heteroatoms. The number of nitrogens with zero attached hydrogens (tertiary/aromatic N) is 1. The predicted octanol–water partition coefficient (Wildman–Crippen LogP) is 5.53. The van der Waals surface area contributed by atoms with Gasteiger partial charge in [-0.05, 0) is 55.2 Å². The van der Waals surface area contributed by atoms with Crippen LogP contribution in [0.25, 0.3) is 0 Å². The molecule has 1 N–H and O–H groups in total. The van der Waals surface area contributed by atoms with Crippen LogP contribution in [0.1, 0.15) is 32.8 Å². The zero-order chi connectivity index (χ0) is 27.0. The van der Waals surface area contributed by atoms with Gasteiger partial charge < -0.3 is 10.1 Å². The van der Waals surface area contributed by atoms with Crippen LogP contribution in [0, 0.1) is 0 Å². The molecule has 0 bridgehead atoms. The molecular weight excluding hydrogens is 553 g/mol. The standard InChI is InChI=1S/C24H20ClF3N2O5S2/c1-35-23(32)21-16-8-5-9-19(16)36-22(21)29-20(31)13-30(37(33,34)15-6-3-2-4-7-15)14-10-11-18(25)17(12-14)24(26,27)28/h2-4,6-7,10-12H,5,8-9,13H2,1H3,(H,29,31). The minimum absolute atomic E-state index is 0.200. The average molecular weight is 573 g/mol. The van der Waals surface area contributed by atoms with Crippen LogP contribution < -0.4 is 9.62 Å². The van der Waals surface area contributed by atoms with Gasteiger partial charge in [0.25, 0.3) is 10.0 Å². The van der Waals surface area contributed by atoms with Crippen LogP contribution in [0.15, 0.2) is 53.4 Å². The van der Waals surface area contributed by atoms with E-state index in [0.717, 1.165) is 35.4 Å². The maximum atomic E-state index is 13.5. The number of thiophene rings is 1. The number of fused-ring (bicyclic) bond motifs is 1. The van der Waals surface area contributed by atoms with Crippen LogP contribution in [0.5, 0.6) is 0 Å². The minimum Gasteiger partial charge on any atom is -0.465 e. The van der Waals surface area contributed by atoms with Gasteiger partial charge in [0.2, 0.25) is 5.91 Å². The molecule has 7 nitrogen and oxygen atoms in total. The smallest absolute Gasteiger partial charge is 0.417 e. The lowest BCUT2D eigenvalue weighted by Crippen LogP contribution is -2.38. The second kappa shape index (κ2) is 10.3. The Morgan fingerprint density at radius 3 is 2.49 bits per heavy atom. The third-order valence-corrected chi connectivity index (χ3v) is 9.05. The van der Waals surface area contributed by atoms with E-state index in [1.54, 1.807) is 6.07 Å². The average Bonchev–Trinajstić information content (AvgIpc) is 3.43. The Bertz CT molecular complexity index is 1460. The second-order valence-corrected chi connectivity index (χ2v) is 11.5. The van der Waals surface area contributed by atoms with Crippen LogP contribution >= 0.6 is 22.9 Å². The first-order chi connectivity index (χ1) is 17.4. The number of benzene rings is 2. The van der Waals surface area contributed by atoms with Crippen molar-refractivity contribution in [1.29, 1.82) is 0 Å². The third-order valence-electron chi connectivity index (χ3n) is 5.73. The largest absolute Gasteiger partial charge is 0.465 e. The summed E-state index contributed by atoms with van der Waals surface area (Å²) in [7, 11) is -3.26. The zero-order valence-corrected chi connectivity index (χ0v) is 21.7. The number of hydrogen-bond acceptors (Lipinski definition) is 6. The molecule has 0 unspecified atom stereocenters. The normalized spacial score (nSPS) is 13.2. The maximum absolute atomic E-state index is 13.5. The molecule has 1 heterocycles. The number of nitrogens with one attached hydrogen (secondary N) is 1. The van der Waals surface area contributed by atoms with Crippen molar-refractivity contribution in [1.82, 2.24) is 0 Å². The van der Waals surface area contributed by atoms with Gasteiger partial charge in [-0.15, -0.1) is 11.3 Å². The van der Waals surface area contributed by atoms with Crippen LogP contribution in [0.2, 0.25) is 5.02 Å². The number of anilines is 2. The Labute approximate surface area is 219 Å². The molecule has 4 rings (SSSR count). The van der Waals surface area contributed by atoms with E-state index in [4.69, 9.17) is 16.3 Å². The van der Waals surface area contributed by atoms with E-state index in [2.05, 4.69) is 5.32 Å². The van der Waals surface area contributed by atoms with Crippen molar-refractivity contribution in [3.8, 4) is 0 Å². The van der Waals surface area contributed by atoms with Gasteiger partial charge in [0.15, 0.2) is 0 Å². The number of esters is 1. The summed E-state index contributed by atoms with van der Waals surface area (Å²) in [5.74, 6) is -1.50. The Balaban J connectivity index is 1.73. The summed E-state index contributed by atoms with van der Waals surface area (Å²) in [5.41, 5.74) is -0.675. The van der Waals surface area contributed by atoms with Crippen LogP contribution in [-0.2, 0) is 38.6 Å². The number of sulfonamides is 1. The molecular formula is C24H20ClF3N2O5S2. The lowest BCUT2D eigenvalue weighted by Gasteiger charge is -2.25. The van der Waals surface area contributed by atoms with Gasteiger partial charge in [0, 0.05) is 4.88 Å². The molecule has 37 heavy (non-hydrogen) atoms. The molecule has 0 saturated carbocycles. The molecule has 0 radical (unpaired) electrons. The monoisotopic (exact) mass is 572 g/mol. The third kappa shape index (κ3) is 5.46. The number of amides is 1. The minimum atomic E-state index is -4.86. The number of carbonyl (C=O) groups is 2. The summed E-state index contributed by atoms with van der Waals surface area (Å²) in [6.45, 7) is -0.862. The summed E-state index contributed by atoms with van der Waals surface area (Å²) in [6.07, 6.45) is -2.66. The van der Waals surface area contributed by atoms with Gasteiger partial charge in [-0.2, -0.15) is 13.2 Å².